The monoisotopic (exact) mass is 294 g/mol. The zero-order valence-electron chi connectivity index (χ0n) is 13.4. The fourth-order valence-corrected chi connectivity index (χ4v) is 3.97. The van der Waals surface area contributed by atoms with Crippen molar-refractivity contribution in [2.45, 2.75) is 45.8 Å². The number of ether oxygens (including phenoxy) is 2. The molecular formula is C16H26N2O3. The van der Waals surface area contributed by atoms with Gasteiger partial charge >= 0.3 is 0 Å². The highest BCUT2D eigenvalue weighted by Gasteiger charge is 2.46. The summed E-state index contributed by atoms with van der Waals surface area (Å²) in [5.41, 5.74) is 2.40. The largest absolute Gasteiger partial charge is 0.384 e. The summed E-state index contributed by atoms with van der Waals surface area (Å²) in [4.78, 5) is 2.51. The highest BCUT2D eigenvalue weighted by atomic mass is 16.5. The number of piperidine rings is 1. The van der Waals surface area contributed by atoms with Gasteiger partial charge in [-0.25, -0.2) is 0 Å². The van der Waals surface area contributed by atoms with Crippen molar-refractivity contribution in [3.8, 4) is 0 Å². The lowest BCUT2D eigenvalue weighted by atomic mass is 9.73. The van der Waals surface area contributed by atoms with Gasteiger partial charge in [0.2, 0.25) is 0 Å². The molecule has 3 heterocycles. The van der Waals surface area contributed by atoms with E-state index in [1.165, 1.54) is 12.0 Å². The second-order valence-corrected chi connectivity index (χ2v) is 6.56. The molecule has 5 heteroatoms. The summed E-state index contributed by atoms with van der Waals surface area (Å²) in [6.07, 6.45) is 3.78. The molecule has 1 aromatic heterocycles. The number of aromatic nitrogens is 1. The number of rotatable bonds is 4. The maximum absolute atomic E-state index is 6.03. The van der Waals surface area contributed by atoms with Crippen LogP contribution in [0.1, 0.15) is 36.3 Å². The van der Waals surface area contributed by atoms with Gasteiger partial charge in [0.1, 0.15) is 5.76 Å². The van der Waals surface area contributed by atoms with Gasteiger partial charge in [0, 0.05) is 44.3 Å². The fourth-order valence-electron chi connectivity index (χ4n) is 3.97. The molecule has 2 fully saturated rings. The molecular weight excluding hydrogens is 268 g/mol. The Morgan fingerprint density at radius 2 is 2.29 bits per heavy atom. The molecule has 0 aliphatic carbocycles. The molecule has 0 N–H and O–H groups in total. The fraction of sp³-hybridized carbons (Fsp3) is 0.812. The average molecular weight is 294 g/mol. The Morgan fingerprint density at radius 3 is 3.00 bits per heavy atom. The third-order valence-electron chi connectivity index (χ3n) is 5.06. The molecule has 5 nitrogen and oxygen atoms in total. The van der Waals surface area contributed by atoms with Crippen LogP contribution in [0.5, 0.6) is 0 Å². The van der Waals surface area contributed by atoms with Crippen molar-refractivity contribution < 1.29 is 14.0 Å². The molecule has 1 aromatic rings. The normalized spacial score (nSPS) is 30.3. The standard InChI is InChI=1S/C16H26N2O3/c1-12-14(13(2)21-17-12)9-18-7-5-15-16(10-18,11-19-3)6-4-8-20-15/h15H,4-11H2,1-3H3/t15-,16+/m0/s1. The molecule has 0 unspecified atom stereocenters. The van der Waals surface area contributed by atoms with Crippen LogP contribution in [0.2, 0.25) is 0 Å². The highest BCUT2D eigenvalue weighted by Crippen LogP contribution is 2.40. The first kappa shape index (κ1) is 15.0. The predicted molar refractivity (Wildman–Crippen MR) is 79.2 cm³/mol. The number of likely N-dealkylation sites (tertiary alicyclic amines) is 1. The predicted octanol–water partition coefficient (Wildman–Crippen LogP) is 2.31. The van der Waals surface area contributed by atoms with Gasteiger partial charge in [0.05, 0.1) is 18.4 Å². The van der Waals surface area contributed by atoms with E-state index in [9.17, 15) is 0 Å². The van der Waals surface area contributed by atoms with Crippen LogP contribution in [0.25, 0.3) is 0 Å². The summed E-state index contributed by atoms with van der Waals surface area (Å²) >= 11 is 0. The summed E-state index contributed by atoms with van der Waals surface area (Å²) in [6.45, 7) is 8.73. The van der Waals surface area contributed by atoms with Gasteiger partial charge in [-0.15, -0.1) is 0 Å². The van der Waals surface area contributed by atoms with E-state index in [4.69, 9.17) is 14.0 Å². The molecule has 21 heavy (non-hydrogen) atoms. The summed E-state index contributed by atoms with van der Waals surface area (Å²) < 4.78 is 16.9. The maximum atomic E-state index is 6.03. The van der Waals surface area contributed by atoms with E-state index in [1.54, 1.807) is 7.11 Å². The first-order chi connectivity index (χ1) is 10.1. The van der Waals surface area contributed by atoms with Crippen molar-refractivity contribution in [1.82, 2.24) is 10.1 Å². The number of nitrogens with zero attached hydrogens (tertiary/aromatic N) is 2. The van der Waals surface area contributed by atoms with Crippen LogP contribution in [0.3, 0.4) is 0 Å². The van der Waals surface area contributed by atoms with Crippen molar-refractivity contribution >= 4 is 0 Å². The molecule has 3 rings (SSSR count). The van der Waals surface area contributed by atoms with Crippen molar-refractivity contribution in [1.29, 1.82) is 0 Å². The number of hydrogen-bond acceptors (Lipinski definition) is 5. The number of aryl methyl sites for hydroxylation is 2. The van der Waals surface area contributed by atoms with E-state index in [-0.39, 0.29) is 5.41 Å². The number of fused-ring (bicyclic) bond motifs is 1. The smallest absolute Gasteiger partial charge is 0.138 e. The zero-order chi connectivity index (χ0) is 14.9. The van der Waals surface area contributed by atoms with Crippen molar-refractivity contribution in [3.63, 3.8) is 0 Å². The van der Waals surface area contributed by atoms with Crippen molar-refractivity contribution in [2.75, 3.05) is 33.4 Å². The van der Waals surface area contributed by atoms with Crippen LogP contribution in [-0.2, 0) is 16.0 Å². The van der Waals surface area contributed by atoms with E-state index < -0.39 is 0 Å². The Balaban J connectivity index is 1.74. The summed E-state index contributed by atoms with van der Waals surface area (Å²) in [5, 5.41) is 4.07. The third kappa shape index (κ3) is 2.87. The van der Waals surface area contributed by atoms with Crippen LogP contribution in [0.4, 0.5) is 0 Å². The van der Waals surface area contributed by atoms with E-state index in [2.05, 4.69) is 10.1 Å². The maximum Gasteiger partial charge on any atom is 0.138 e. The van der Waals surface area contributed by atoms with Gasteiger partial charge in [-0.1, -0.05) is 5.16 Å². The number of hydrogen-bond donors (Lipinski definition) is 0. The third-order valence-corrected chi connectivity index (χ3v) is 5.06. The van der Waals surface area contributed by atoms with Crippen LogP contribution in [0.15, 0.2) is 4.52 Å². The van der Waals surface area contributed by atoms with Crippen molar-refractivity contribution in [3.05, 3.63) is 17.0 Å². The molecule has 2 atom stereocenters. The molecule has 0 radical (unpaired) electrons. The molecule has 0 bridgehead atoms. The van der Waals surface area contributed by atoms with Gasteiger partial charge < -0.3 is 14.0 Å². The molecule has 2 saturated heterocycles. The lowest BCUT2D eigenvalue weighted by Gasteiger charge is -2.50. The molecule has 2 aliphatic heterocycles. The lowest BCUT2D eigenvalue weighted by molar-refractivity contribution is -0.149. The Hall–Kier alpha value is -0.910. The molecule has 0 saturated carbocycles. The lowest BCUT2D eigenvalue weighted by Crippen LogP contribution is -2.56. The van der Waals surface area contributed by atoms with E-state index in [1.807, 2.05) is 13.8 Å². The van der Waals surface area contributed by atoms with Crippen LogP contribution < -0.4 is 0 Å². The van der Waals surface area contributed by atoms with Gasteiger partial charge in [0.15, 0.2) is 0 Å². The molecule has 0 amide bonds. The van der Waals surface area contributed by atoms with Gasteiger partial charge in [0.25, 0.3) is 0 Å². The van der Waals surface area contributed by atoms with Crippen molar-refractivity contribution in [2.24, 2.45) is 5.41 Å². The van der Waals surface area contributed by atoms with Crippen LogP contribution in [-0.4, -0.2) is 49.6 Å². The van der Waals surface area contributed by atoms with Crippen LogP contribution >= 0.6 is 0 Å². The zero-order valence-corrected chi connectivity index (χ0v) is 13.4. The summed E-state index contributed by atoms with van der Waals surface area (Å²) in [7, 11) is 1.80. The minimum absolute atomic E-state index is 0.157. The number of methoxy groups -OCH3 is 1. The first-order valence-corrected chi connectivity index (χ1v) is 7.89. The highest BCUT2D eigenvalue weighted by molar-refractivity contribution is 5.20. The molecule has 118 valence electrons. The molecule has 2 aliphatic rings. The first-order valence-electron chi connectivity index (χ1n) is 7.89. The van der Waals surface area contributed by atoms with Gasteiger partial charge in [-0.3, -0.25) is 4.90 Å². The van der Waals surface area contributed by atoms with Gasteiger partial charge in [-0.2, -0.15) is 0 Å². The van der Waals surface area contributed by atoms with Crippen LogP contribution in [0, 0.1) is 19.3 Å². The molecule has 0 spiro atoms. The second kappa shape index (κ2) is 6.07. The Bertz CT molecular complexity index is 464. The minimum atomic E-state index is 0.157. The van der Waals surface area contributed by atoms with Gasteiger partial charge in [-0.05, 0) is 33.1 Å². The average Bonchev–Trinajstić information content (AvgIpc) is 2.79. The Morgan fingerprint density at radius 1 is 1.43 bits per heavy atom. The topological polar surface area (TPSA) is 47.7 Å². The molecule has 0 aromatic carbocycles. The second-order valence-electron chi connectivity index (χ2n) is 6.56. The Labute approximate surface area is 126 Å². The summed E-state index contributed by atoms with van der Waals surface area (Å²) in [5.74, 6) is 0.940. The quantitative estimate of drug-likeness (QED) is 0.853. The summed E-state index contributed by atoms with van der Waals surface area (Å²) in [6, 6.07) is 0. The minimum Gasteiger partial charge on any atom is -0.384 e. The SMILES string of the molecule is COC[C@]12CCCO[C@H]1CCN(Cc1c(C)noc1C)C2. The van der Waals surface area contributed by atoms with E-state index >= 15 is 0 Å². The Kier molecular flexibility index (Phi) is 4.33. The van der Waals surface area contributed by atoms with E-state index in [0.29, 0.717) is 6.10 Å². The van der Waals surface area contributed by atoms with E-state index in [0.717, 1.165) is 57.1 Å².